The van der Waals surface area contributed by atoms with Gasteiger partial charge in [-0.25, -0.2) is 4.79 Å². The summed E-state index contributed by atoms with van der Waals surface area (Å²) in [7, 11) is 0. The molecule has 3 aromatic carbocycles. The molecule has 0 radical (unpaired) electrons. The molecule has 34 heavy (non-hydrogen) atoms. The maximum Gasteiger partial charge on any atom is 0.329 e. The summed E-state index contributed by atoms with van der Waals surface area (Å²) in [5.74, 6) is -1.50. The lowest BCUT2D eigenvalue weighted by Crippen LogP contribution is -2.65. The van der Waals surface area contributed by atoms with Crippen LogP contribution in [0.3, 0.4) is 0 Å². The van der Waals surface area contributed by atoms with E-state index in [1.54, 1.807) is 29.2 Å². The van der Waals surface area contributed by atoms with E-state index in [0.717, 1.165) is 11.1 Å². The quantitative estimate of drug-likeness (QED) is 0.613. The summed E-state index contributed by atoms with van der Waals surface area (Å²) >= 11 is 1.44. The van der Waals surface area contributed by atoms with Crippen LogP contribution >= 0.6 is 11.8 Å². The van der Waals surface area contributed by atoms with Gasteiger partial charge in [-0.15, -0.1) is 11.8 Å². The number of carbonyl (C=O) groups excluding carboxylic acids is 2. The van der Waals surface area contributed by atoms with Crippen molar-refractivity contribution >= 4 is 29.5 Å². The summed E-state index contributed by atoms with van der Waals surface area (Å²) in [6.07, 6.45) is 0. The molecule has 6 nitrogen and oxygen atoms in total. The van der Waals surface area contributed by atoms with Crippen molar-refractivity contribution in [3.05, 3.63) is 108 Å². The number of fused-ring (bicyclic) bond motifs is 2. The van der Waals surface area contributed by atoms with Gasteiger partial charge in [-0.3, -0.25) is 9.59 Å². The largest absolute Gasteiger partial charge is 0.480 e. The summed E-state index contributed by atoms with van der Waals surface area (Å²) in [5.41, 5.74) is 2.17. The van der Waals surface area contributed by atoms with Crippen LogP contribution < -0.4 is 0 Å². The average molecular weight is 473 g/mol. The topological polar surface area (TPSA) is 77.9 Å². The summed E-state index contributed by atoms with van der Waals surface area (Å²) in [6.45, 7) is 0.191. The Morgan fingerprint density at radius 2 is 1.35 bits per heavy atom. The van der Waals surface area contributed by atoms with Crippen molar-refractivity contribution in [2.24, 2.45) is 0 Å². The van der Waals surface area contributed by atoms with Crippen LogP contribution in [0.15, 0.2) is 91.0 Å². The monoisotopic (exact) mass is 472 g/mol. The summed E-state index contributed by atoms with van der Waals surface area (Å²) in [4.78, 5) is 42.9. The zero-order chi connectivity index (χ0) is 23.7. The van der Waals surface area contributed by atoms with Crippen molar-refractivity contribution in [2.45, 2.75) is 23.4 Å². The highest BCUT2D eigenvalue weighted by Crippen LogP contribution is 2.41. The first-order valence-corrected chi connectivity index (χ1v) is 12.2. The third-order valence-corrected chi connectivity index (χ3v) is 7.85. The maximum absolute atomic E-state index is 14.1. The molecule has 2 saturated heterocycles. The maximum atomic E-state index is 14.1. The van der Waals surface area contributed by atoms with Crippen molar-refractivity contribution in [3.8, 4) is 0 Å². The Kier molecular flexibility index (Phi) is 6.11. The molecule has 2 fully saturated rings. The number of amides is 2. The number of rotatable bonds is 5. The minimum absolute atomic E-state index is 0.129. The lowest BCUT2D eigenvalue weighted by atomic mass is 9.89. The number of hydrogen-bond donors (Lipinski definition) is 1. The van der Waals surface area contributed by atoms with E-state index in [4.69, 9.17) is 0 Å². The van der Waals surface area contributed by atoms with Crippen LogP contribution in [-0.4, -0.2) is 62.4 Å². The zero-order valence-corrected chi connectivity index (χ0v) is 19.2. The first kappa shape index (κ1) is 22.2. The zero-order valence-electron chi connectivity index (χ0n) is 18.4. The number of hydrogen-bond acceptors (Lipinski definition) is 4. The van der Waals surface area contributed by atoms with E-state index in [1.807, 2.05) is 66.7 Å². The molecule has 2 aliphatic heterocycles. The molecule has 0 aliphatic carbocycles. The van der Waals surface area contributed by atoms with Crippen LogP contribution in [0, 0.1) is 0 Å². The third kappa shape index (κ3) is 3.96. The highest BCUT2D eigenvalue weighted by atomic mass is 32.2. The van der Waals surface area contributed by atoms with Crippen LogP contribution in [0.25, 0.3) is 0 Å². The second-order valence-electron chi connectivity index (χ2n) is 8.48. The molecule has 2 aliphatic rings. The molecule has 3 aromatic rings. The molecule has 1 N–H and O–H groups in total. The predicted molar refractivity (Wildman–Crippen MR) is 131 cm³/mol. The minimum Gasteiger partial charge on any atom is -0.480 e. The van der Waals surface area contributed by atoms with Crippen molar-refractivity contribution < 1.29 is 19.5 Å². The van der Waals surface area contributed by atoms with Crippen molar-refractivity contribution in [1.82, 2.24) is 9.80 Å². The number of carboxylic acids is 1. The van der Waals surface area contributed by atoms with Gasteiger partial charge in [0.2, 0.25) is 5.91 Å². The van der Waals surface area contributed by atoms with E-state index in [9.17, 15) is 19.5 Å². The Morgan fingerprint density at radius 1 is 0.824 bits per heavy atom. The molecular weight excluding hydrogens is 448 g/mol. The Morgan fingerprint density at radius 3 is 1.88 bits per heavy atom. The molecule has 0 aromatic heterocycles. The molecule has 2 bridgehead atoms. The fourth-order valence-electron chi connectivity index (χ4n) is 4.89. The molecular formula is C27H24N2O4S. The average Bonchev–Trinajstić information content (AvgIpc) is 3.18. The van der Waals surface area contributed by atoms with Crippen LogP contribution in [-0.2, 0) is 9.59 Å². The standard InChI is InChI=1S/C27H24N2O4S/c30-24(20-14-8-3-9-15-20)28-16-21-17-34-26(23(28)27(32)33)29(21)25(31)22(18-10-4-1-5-11-18)19-12-6-2-7-13-19/h1-15,21-23,26H,16-17H2,(H,32,33)/t21-,23+,26?/m1/s1. The van der Waals surface area contributed by atoms with Crippen LogP contribution in [0.4, 0.5) is 0 Å². The van der Waals surface area contributed by atoms with E-state index in [1.165, 1.54) is 16.7 Å². The van der Waals surface area contributed by atoms with Gasteiger partial charge in [-0.2, -0.15) is 0 Å². The van der Waals surface area contributed by atoms with Crippen molar-refractivity contribution in [2.75, 3.05) is 12.3 Å². The second kappa shape index (κ2) is 9.35. The second-order valence-corrected chi connectivity index (χ2v) is 9.63. The van der Waals surface area contributed by atoms with Crippen LogP contribution in [0.1, 0.15) is 27.4 Å². The molecule has 172 valence electrons. The molecule has 0 saturated carbocycles. The van der Waals surface area contributed by atoms with Gasteiger partial charge in [0.1, 0.15) is 5.37 Å². The smallest absolute Gasteiger partial charge is 0.329 e. The van der Waals surface area contributed by atoms with Crippen molar-refractivity contribution in [3.63, 3.8) is 0 Å². The van der Waals surface area contributed by atoms with Gasteiger partial charge in [0.25, 0.3) is 5.91 Å². The Bertz CT molecular complexity index is 1150. The fourth-order valence-corrected chi connectivity index (χ4v) is 6.46. The van der Waals surface area contributed by atoms with E-state index in [0.29, 0.717) is 11.3 Å². The van der Waals surface area contributed by atoms with Gasteiger partial charge in [-0.1, -0.05) is 78.9 Å². The first-order chi connectivity index (χ1) is 16.6. The number of thioether (sulfide) groups is 1. The van der Waals surface area contributed by atoms with Crippen LogP contribution in [0.2, 0.25) is 0 Å². The molecule has 2 heterocycles. The molecule has 1 unspecified atom stereocenters. The summed E-state index contributed by atoms with van der Waals surface area (Å²) in [6, 6.07) is 26.5. The minimum atomic E-state index is -1.12. The number of piperazine rings is 1. The number of benzene rings is 3. The SMILES string of the molecule is O=C(O)[C@@H]1C2SC[C@@H](CN1C(=O)c1ccccc1)N2C(=O)C(c1ccccc1)c1ccccc1. The lowest BCUT2D eigenvalue weighted by Gasteiger charge is -2.45. The van der Waals surface area contributed by atoms with Gasteiger partial charge in [-0.05, 0) is 23.3 Å². The molecule has 7 heteroatoms. The molecule has 2 amide bonds. The predicted octanol–water partition coefficient (Wildman–Crippen LogP) is 3.70. The van der Waals surface area contributed by atoms with Gasteiger partial charge < -0.3 is 14.9 Å². The number of carbonyl (C=O) groups is 3. The van der Waals surface area contributed by atoms with E-state index in [2.05, 4.69) is 0 Å². The van der Waals surface area contributed by atoms with Gasteiger partial charge >= 0.3 is 5.97 Å². The van der Waals surface area contributed by atoms with E-state index >= 15 is 0 Å². The molecule has 0 spiro atoms. The van der Waals surface area contributed by atoms with E-state index < -0.39 is 23.3 Å². The third-order valence-electron chi connectivity index (χ3n) is 6.44. The number of carboxylic acid groups (broad SMARTS) is 1. The van der Waals surface area contributed by atoms with Gasteiger partial charge in [0.05, 0.1) is 12.0 Å². The highest BCUT2D eigenvalue weighted by Gasteiger charge is 2.54. The van der Waals surface area contributed by atoms with Gasteiger partial charge in [0.15, 0.2) is 6.04 Å². The van der Waals surface area contributed by atoms with Crippen LogP contribution in [0.5, 0.6) is 0 Å². The fraction of sp³-hybridized carbons (Fsp3) is 0.222. The van der Waals surface area contributed by atoms with E-state index in [-0.39, 0.29) is 24.4 Å². The Balaban J connectivity index is 1.50. The van der Waals surface area contributed by atoms with Gasteiger partial charge in [0, 0.05) is 17.9 Å². The summed E-state index contributed by atoms with van der Waals surface area (Å²) in [5, 5.41) is 9.50. The number of nitrogens with zero attached hydrogens (tertiary/aromatic N) is 2. The molecule has 3 atom stereocenters. The van der Waals surface area contributed by atoms with Crippen molar-refractivity contribution in [1.29, 1.82) is 0 Å². The Hall–Kier alpha value is -3.58. The number of aliphatic carboxylic acids is 1. The Labute approximate surface area is 202 Å². The summed E-state index contributed by atoms with van der Waals surface area (Å²) < 4.78 is 0. The normalized spacial score (nSPS) is 21.5. The first-order valence-electron chi connectivity index (χ1n) is 11.2. The lowest BCUT2D eigenvalue weighted by molar-refractivity contribution is -0.149. The molecule has 5 rings (SSSR count). The highest BCUT2D eigenvalue weighted by molar-refractivity contribution is 8.00.